The molecule has 0 saturated carbocycles. The smallest absolute Gasteiger partial charge is 0.228 e. The fraction of sp³-hybridized carbons (Fsp3) is 0.318. The first-order valence-corrected chi connectivity index (χ1v) is 9.27. The minimum absolute atomic E-state index is 0.0680. The standard InChI is InChI=1S/C22H25N3O2/c1-4-25(14-11-18-9-12-23-13-10-18)21(26)15-20-17(3)27-22(24-20)19-7-5-16(2)6-8-19/h5-10,12-13H,4,11,14-15H2,1-3H3. The van der Waals surface area contributed by atoms with Crippen LogP contribution in [-0.2, 0) is 17.6 Å². The average molecular weight is 363 g/mol. The molecule has 2 aromatic heterocycles. The second-order valence-electron chi connectivity index (χ2n) is 6.64. The fourth-order valence-electron chi connectivity index (χ4n) is 2.94. The first-order valence-electron chi connectivity index (χ1n) is 9.27. The highest BCUT2D eigenvalue weighted by atomic mass is 16.4. The molecule has 0 aliphatic carbocycles. The molecular formula is C22H25N3O2. The Hall–Kier alpha value is -2.95. The van der Waals surface area contributed by atoms with Gasteiger partial charge in [-0.15, -0.1) is 0 Å². The molecule has 140 valence electrons. The highest BCUT2D eigenvalue weighted by molar-refractivity contribution is 5.78. The SMILES string of the molecule is CCN(CCc1ccncc1)C(=O)Cc1nc(-c2ccc(C)cc2)oc1C. The van der Waals surface area contributed by atoms with E-state index in [0.29, 0.717) is 30.4 Å². The zero-order valence-electron chi connectivity index (χ0n) is 16.1. The van der Waals surface area contributed by atoms with Crippen LogP contribution in [-0.4, -0.2) is 33.9 Å². The Morgan fingerprint density at radius 3 is 2.44 bits per heavy atom. The first kappa shape index (κ1) is 18.8. The summed E-state index contributed by atoms with van der Waals surface area (Å²) in [6, 6.07) is 12.0. The third-order valence-corrected chi connectivity index (χ3v) is 4.66. The molecule has 0 bridgehead atoms. The van der Waals surface area contributed by atoms with Crippen LogP contribution in [0, 0.1) is 13.8 Å². The van der Waals surface area contributed by atoms with Gasteiger partial charge in [0, 0.05) is 31.0 Å². The van der Waals surface area contributed by atoms with Gasteiger partial charge in [-0.3, -0.25) is 9.78 Å². The molecule has 5 nitrogen and oxygen atoms in total. The van der Waals surface area contributed by atoms with Crippen LogP contribution in [0.1, 0.15) is 29.5 Å². The summed E-state index contributed by atoms with van der Waals surface area (Å²) < 4.78 is 5.80. The van der Waals surface area contributed by atoms with Gasteiger partial charge >= 0.3 is 0 Å². The summed E-state index contributed by atoms with van der Waals surface area (Å²) in [6.45, 7) is 7.26. The van der Waals surface area contributed by atoms with E-state index in [4.69, 9.17) is 4.42 Å². The largest absolute Gasteiger partial charge is 0.441 e. The van der Waals surface area contributed by atoms with E-state index in [1.54, 1.807) is 12.4 Å². The van der Waals surface area contributed by atoms with Crippen molar-refractivity contribution in [1.29, 1.82) is 0 Å². The van der Waals surface area contributed by atoms with E-state index in [1.165, 1.54) is 11.1 Å². The van der Waals surface area contributed by atoms with E-state index >= 15 is 0 Å². The second kappa shape index (κ2) is 8.62. The summed E-state index contributed by atoms with van der Waals surface area (Å²) in [4.78, 5) is 23.2. The molecule has 2 heterocycles. The fourth-order valence-corrected chi connectivity index (χ4v) is 2.94. The van der Waals surface area contributed by atoms with Gasteiger partial charge in [0.1, 0.15) is 5.76 Å². The topological polar surface area (TPSA) is 59.2 Å². The molecule has 27 heavy (non-hydrogen) atoms. The number of hydrogen-bond acceptors (Lipinski definition) is 4. The number of nitrogens with zero attached hydrogens (tertiary/aromatic N) is 3. The van der Waals surface area contributed by atoms with Crippen LogP contribution in [0.4, 0.5) is 0 Å². The van der Waals surface area contributed by atoms with Crippen LogP contribution >= 0.6 is 0 Å². The molecular weight excluding hydrogens is 338 g/mol. The van der Waals surface area contributed by atoms with Crippen molar-refractivity contribution in [1.82, 2.24) is 14.9 Å². The lowest BCUT2D eigenvalue weighted by Crippen LogP contribution is -2.34. The lowest BCUT2D eigenvalue weighted by atomic mass is 10.1. The molecule has 0 aliphatic rings. The summed E-state index contributed by atoms with van der Waals surface area (Å²) >= 11 is 0. The van der Waals surface area contributed by atoms with Crippen molar-refractivity contribution >= 4 is 5.91 Å². The van der Waals surface area contributed by atoms with Gasteiger partial charge < -0.3 is 9.32 Å². The van der Waals surface area contributed by atoms with E-state index in [2.05, 4.69) is 9.97 Å². The number of aromatic nitrogens is 2. The Morgan fingerprint density at radius 2 is 1.78 bits per heavy atom. The highest BCUT2D eigenvalue weighted by Crippen LogP contribution is 2.22. The van der Waals surface area contributed by atoms with Crippen molar-refractivity contribution in [3.63, 3.8) is 0 Å². The number of oxazole rings is 1. The molecule has 0 spiro atoms. The number of likely N-dealkylation sites (N-methyl/N-ethyl adjacent to an activating group) is 1. The van der Waals surface area contributed by atoms with E-state index in [0.717, 1.165) is 12.0 Å². The number of aryl methyl sites for hydroxylation is 2. The summed E-state index contributed by atoms with van der Waals surface area (Å²) in [5, 5.41) is 0. The molecule has 3 rings (SSSR count). The first-order chi connectivity index (χ1) is 13.1. The highest BCUT2D eigenvalue weighted by Gasteiger charge is 2.18. The van der Waals surface area contributed by atoms with Gasteiger partial charge in [-0.2, -0.15) is 0 Å². The zero-order chi connectivity index (χ0) is 19.2. The molecule has 0 saturated heterocycles. The lowest BCUT2D eigenvalue weighted by molar-refractivity contribution is -0.130. The maximum absolute atomic E-state index is 12.7. The molecule has 1 amide bonds. The van der Waals surface area contributed by atoms with Crippen LogP contribution in [0.2, 0.25) is 0 Å². The van der Waals surface area contributed by atoms with Crippen molar-refractivity contribution in [3.8, 4) is 11.5 Å². The van der Waals surface area contributed by atoms with Gasteiger partial charge in [0.25, 0.3) is 0 Å². The van der Waals surface area contributed by atoms with Gasteiger partial charge in [0.2, 0.25) is 11.8 Å². The molecule has 0 atom stereocenters. The Bertz CT molecular complexity index is 886. The van der Waals surface area contributed by atoms with Crippen LogP contribution in [0.5, 0.6) is 0 Å². The molecule has 0 aliphatic heterocycles. The van der Waals surface area contributed by atoms with Gasteiger partial charge in [-0.05, 0) is 57.0 Å². The van der Waals surface area contributed by atoms with Gasteiger partial charge in [0.05, 0.1) is 12.1 Å². The van der Waals surface area contributed by atoms with E-state index in [1.807, 2.05) is 62.1 Å². The maximum Gasteiger partial charge on any atom is 0.228 e. The minimum atomic E-state index is 0.0680. The molecule has 0 fully saturated rings. The van der Waals surface area contributed by atoms with Crippen molar-refractivity contribution in [2.45, 2.75) is 33.6 Å². The summed E-state index contributed by atoms with van der Waals surface area (Å²) in [6.07, 6.45) is 4.62. The van der Waals surface area contributed by atoms with Gasteiger partial charge in [-0.1, -0.05) is 17.7 Å². The number of carbonyl (C=O) groups excluding carboxylic acids is 1. The number of benzene rings is 1. The molecule has 0 N–H and O–H groups in total. The number of hydrogen-bond donors (Lipinski definition) is 0. The van der Waals surface area contributed by atoms with Gasteiger partial charge in [-0.25, -0.2) is 4.98 Å². The van der Waals surface area contributed by atoms with Crippen molar-refractivity contribution in [2.75, 3.05) is 13.1 Å². The Balaban J connectivity index is 1.66. The summed E-state index contributed by atoms with van der Waals surface area (Å²) in [5.41, 5.74) is 3.99. The molecule has 5 heteroatoms. The van der Waals surface area contributed by atoms with Crippen LogP contribution in [0.3, 0.4) is 0 Å². The molecule has 1 aromatic carbocycles. The Labute approximate surface area is 160 Å². The van der Waals surface area contributed by atoms with Crippen LogP contribution in [0.15, 0.2) is 53.2 Å². The van der Waals surface area contributed by atoms with Crippen molar-refractivity contribution in [2.24, 2.45) is 0 Å². The Kier molecular flexibility index (Phi) is 6.01. The number of amides is 1. The van der Waals surface area contributed by atoms with Crippen molar-refractivity contribution < 1.29 is 9.21 Å². The van der Waals surface area contributed by atoms with Crippen LogP contribution in [0.25, 0.3) is 11.5 Å². The number of pyridine rings is 1. The van der Waals surface area contributed by atoms with E-state index in [9.17, 15) is 4.79 Å². The maximum atomic E-state index is 12.7. The van der Waals surface area contributed by atoms with Crippen molar-refractivity contribution in [3.05, 3.63) is 71.4 Å². The number of rotatable bonds is 7. The third-order valence-electron chi connectivity index (χ3n) is 4.66. The predicted octanol–water partition coefficient (Wildman–Crippen LogP) is 3.99. The second-order valence-corrected chi connectivity index (χ2v) is 6.64. The zero-order valence-corrected chi connectivity index (χ0v) is 16.1. The quantitative estimate of drug-likeness (QED) is 0.637. The average Bonchev–Trinajstić information content (AvgIpc) is 3.04. The van der Waals surface area contributed by atoms with Crippen LogP contribution < -0.4 is 0 Å². The van der Waals surface area contributed by atoms with Gasteiger partial charge in [0.15, 0.2) is 0 Å². The molecule has 0 unspecified atom stereocenters. The third kappa shape index (κ3) is 4.82. The monoisotopic (exact) mass is 363 g/mol. The summed E-state index contributed by atoms with van der Waals surface area (Å²) in [5.74, 6) is 1.33. The normalized spacial score (nSPS) is 10.8. The minimum Gasteiger partial charge on any atom is -0.441 e. The molecule has 3 aromatic rings. The van der Waals surface area contributed by atoms with E-state index in [-0.39, 0.29) is 12.3 Å². The predicted molar refractivity (Wildman–Crippen MR) is 105 cm³/mol. The van der Waals surface area contributed by atoms with E-state index < -0.39 is 0 Å². The molecule has 0 radical (unpaired) electrons. The Morgan fingerprint density at radius 1 is 1.07 bits per heavy atom. The number of carbonyl (C=O) groups is 1. The lowest BCUT2D eigenvalue weighted by Gasteiger charge is -2.20. The summed E-state index contributed by atoms with van der Waals surface area (Å²) in [7, 11) is 0.